The van der Waals surface area contributed by atoms with Gasteiger partial charge < -0.3 is 31.2 Å². The Balaban J connectivity index is 2.09. The molecule has 0 aromatic heterocycles. The number of anilines is 1. The molecule has 0 saturated heterocycles. The predicted octanol–water partition coefficient (Wildman–Crippen LogP) is 3.26. The first-order valence-electron chi connectivity index (χ1n) is 9.09. The Morgan fingerprint density at radius 2 is 1.59 bits per heavy atom. The van der Waals surface area contributed by atoms with Crippen molar-refractivity contribution in [2.75, 3.05) is 26.1 Å². The highest BCUT2D eigenvalue weighted by molar-refractivity contribution is 7.80. The number of amides is 1. The summed E-state index contributed by atoms with van der Waals surface area (Å²) in [4.78, 5) is 24.3. The largest absolute Gasteiger partial charge is 0.493 e. The van der Waals surface area contributed by atoms with Crippen LogP contribution in [-0.4, -0.2) is 47.5 Å². The third-order valence-corrected chi connectivity index (χ3v) is 5.05. The molecule has 8 nitrogen and oxygen atoms in total. The van der Waals surface area contributed by atoms with E-state index < -0.39 is 15.9 Å². The van der Waals surface area contributed by atoms with Crippen LogP contribution in [-0.2, 0) is 0 Å². The summed E-state index contributed by atoms with van der Waals surface area (Å²) >= 11 is 23.3. The van der Waals surface area contributed by atoms with Gasteiger partial charge in [-0.3, -0.25) is 9.59 Å². The van der Waals surface area contributed by atoms with Crippen LogP contribution in [0.4, 0.5) is 5.69 Å². The van der Waals surface area contributed by atoms with Crippen LogP contribution in [0.25, 0.3) is 0 Å². The van der Waals surface area contributed by atoms with Gasteiger partial charge in [0, 0.05) is 16.8 Å². The molecule has 2 aromatic rings. The van der Waals surface area contributed by atoms with Gasteiger partial charge in [-0.05, 0) is 54.7 Å². The number of alkyl halides is 3. The molecule has 2 rings (SSSR count). The number of hydrogen-bond donors (Lipinski definition) is 4. The van der Waals surface area contributed by atoms with E-state index in [1.165, 1.54) is 26.4 Å². The summed E-state index contributed by atoms with van der Waals surface area (Å²) < 4.78 is 8.43. The summed E-state index contributed by atoms with van der Waals surface area (Å²) in [5.74, 6) is 0.102. The van der Waals surface area contributed by atoms with Crippen molar-refractivity contribution in [1.29, 1.82) is 0 Å². The molecule has 0 aliphatic heterocycles. The molecule has 0 radical (unpaired) electrons. The van der Waals surface area contributed by atoms with Crippen molar-refractivity contribution < 1.29 is 19.1 Å². The van der Waals surface area contributed by atoms with Crippen LogP contribution >= 0.6 is 47.0 Å². The number of benzene rings is 2. The molecular weight excluding hydrogens is 499 g/mol. The first kappa shape index (κ1) is 26.0. The van der Waals surface area contributed by atoms with E-state index in [0.717, 1.165) is 0 Å². The standard InChI is InChI=1S/C20H21Cl3N4O4S/c1-30-15-8-5-12(9-16(15)31-2)17(29)26-18(20(21,22)23)27-19(32)25-13-6-3-11(4-7-13)14(28)10-24/h3-9,18H,10,24H2,1-2H3,(H,26,29)(H2,25,27,32). The zero-order valence-corrected chi connectivity index (χ0v) is 20.2. The number of ether oxygens (including phenoxy) is 2. The normalized spacial score (nSPS) is 11.8. The lowest BCUT2D eigenvalue weighted by Gasteiger charge is -2.28. The lowest BCUT2D eigenvalue weighted by molar-refractivity contribution is 0.0933. The van der Waals surface area contributed by atoms with Gasteiger partial charge in [-0.2, -0.15) is 0 Å². The van der Waals surface area contributed by atoms with Crippen molar-refractivity contribution in [2.24, 2.45) is 5.73 Å². The number of thiocarbonyl (C=S) groups is 1. The summed E-state index contributed by atoms with van der Waals surface area (Å²) in [6, 6.07) is 11.1. The van der Waals surface area contributed by atoms with Gasteiger partial charge in [-0.1, -0.05) is 34.8 Å². The molecule has 0 saturated carbocycles. The number of hydrogen-bond acceptors (Lipinski definition) is 6. The number of rotatable bonds is 8. The van der Waals surface area contributed by atoms with Crippen LogP contribution in [0.1, 0.15) is 20.7 Å². The van der Waals surface area contributed by atoms with Crippen LogP contribution in [0.3, 0.4) is 0 Å². The molecule has 0 spiro atoms. The van der Waals surface area contributed by atoms with Gasteiger partial charge in [-0.15, -0.1) is 0 Å². The average molecular weight is 520 g/mol. The Bertz CT molecular complexity index is 984. The molecule has 1 unspecified atom stereocenters. The number of halogens is 3. The van der Waals surface area contributed by atoms with Gasteiger partial charge in [0.2, 0.25) is 3.79 Å². The molecule has 0 heterocycles. The van der Waals surface area contributed by atoms with Gasteiger partial charge in [0.15, 0.2) is 22.4 Å². The number of carbonyl (C=O) groups excluding carboxylic acids is 2. The molecule has 1 atom stereocenters. The highest BCUT2D eigenvalue weighted by Crippen LogP contribution is 2.30. The van der Waals surface area contributed by atoms with Crippen molar-refractivity contribution in [1.82, 2.24) is 10.6 Å². The predicted molar refractivity (Wildman–Crippen MR) is 130 cm³/mol. The molecule has 0 fully saturated rings. The van der Waals surface area contributed by atoms with Gasteiger partial charge in [0.1, 0.15) is 6.17 Å². The molecule has 0 aliphatic carbocycles. The van der Waals surface area contributed by atoms with E-state index in [9.17, 15) is 9.59 Å². The minimum Gasteiger partial charge on any atom is -0.493 e. The van der Waals surface area contributed by atoms with Crippen molar-refractivity contribution in [2.45, 2.75) is 9.96 Å². The lowest BCUT2D eigenvalue weighted by atomic mass is 10.1. The van der Waals surface area contributed by atoms with Crippen LogP contribution in [0.5, 0.6) is 11.5 Å². The van der Waals surface area contributed by atoms with Crippen molar-refractivity contribution >= 4 is 69.5 Å². The second kappa shape index (κ2) is 11.5. The molecule has 1 amide bonds. The van der Waals surface area contributed by atoms with Crippen LogP contribution < -0.4 is 31.2 Å². The fraction of sp³-hybridized carbons (Fsp3) is 0.250. The second-order valence-electron chi connectivity index (χ2n) is 6.32. The van der Waals surface area contributed by atoms with E-state index in [1.807, 2.05) is 0 Å². The number of nitrogens with one attached hydrogen (secondary N) is 3. The minimum atomic E-state index is -1.94. The number of nitrogens with two attached hydrogens (primary N) is 1. The fourth-order valence-corrected chi connectivity index (χ4v) is 3.11. The highest BCUT2D eigenvalue weighted by Gasteiger charge is 2.35. The average Bonchev–Trinajstić information content (AvgIpc) is 2.77. The number of ketones is 1. The van der Waals surface area contributed by atoms with Gasteiger partial charge >= 0.3 is 0 Å². The maximum Gasteiger partial charge on any atom is 0.253 e. The third kappa shape index (κ3) is 7.11. The van der Waals surface area contributed by atoms with Gasteiger partial charge in [-0.25, -0.2) is 0 Å². The topological polar surface area (TPSA) is 115 Å². The summed E-state index contributed by atoms with van der Waals surface area (Å²) in [6.07, 6.45) is -1.17. The number of Topliss-reactive ketones (excluding diaryl/α,β-unsaturated/α-hetero) is 1. The molecule has 172 valence electrons. The maximum atomic E-state index is 12.7. The van der Waals surface area contributed by atoms with Crippen LogP contribution in [0, 0.1) is 0 Å². The van der Waals surface area contributed by atoms with Gasteiger partial charge in [0.25, 0.3) is 5.91 Å². The summed E-state index contributed by atoms with van der Waals surface area (Å²) in [7, 11) is 2.94. The molecule has 5 N–H and O–H groups in total. The monoisotopic (exact) mass is 518 g/mol. The molecule has 32 heavy (non-hydrogen) atoms. The molecule has 0 aliphatic rings. The molecule has 2 aromatic carbocycles. The van der Waals surface area contributed by atoms with Crippen molar-refractivity contribution in [3.63, 3.8) is 0 Å². The van der Waals surface area contributed by atoms with E-state index in [1.54, 1.807) is 30.3 Å². The van der Waals surface area contributed by atoms with Crippen molar-refractivity contribution in [3.8, 4) is 11.5 Å². The van der Waals surface area contributed by atoms with E-state index in [4.69, 9.17) is 62.2 Å². The minimum absolute atomic E-state index is 0.0758. The van der Waals surface area contributed by atoms with E-state index >= 15 is 0 Å². The molecular formula is C20H21Cl3N4O4S. The Kier molecular flexibility index (Phi) is 9.35. The third-order valence-electron chi connectivity index (χ3n) is 4.17. The van der Waals surface area contributed by atoms with Crippen LogP contribution in [0.15, 0.2) is 42.5 Å². The molecule has 0 bridgehead atoms. The summed E-state index contributed by atoms with van der Waals surface area (Å²) in [5, 5.41) is 8.30. The summed E-state index contributed by atoms with van der Waals surface area (Å²) in [6.45, 7) is -0.0859. The quantitative estimate of drug-likeness (QED) is 0.182. The zero-order chi connectivity index (χ0) is 23.9. The summed E-state index contributed by atoms with van der Waals surface area (Å²) in [5.41, 5.74) is 6.65. The second-order valence-corrected chi connectivity index (χ2v) is 9.10. The Morgan fingerprint density at radius 3 is 2.12 bits per heavy atom. The smallest absolute Gasteiger partial charge is 0.253 e. The highest BCUT2D eigenvalue weighted by atomic mass is 35.6. The SMILES string of the molecule is COc1ccc(C(=O)NC(NC(=S)Nc2ccc(C(=O)CN)cc2)C(Cl)(Cl)Cl)cc1OC. The number of methoxy groups -OCH3 is 2. The van der Waals surface area contributed by atoms with Gasteiger partial charge in [0.05, 0.1) is 20.8 Å². The first-order chi connectivity index (χ1) is 15.1. The van der Waals surface area contributed by atoms with Crippen LogP contribution in [0.2, 0.25) is 0 Å². The van der Waals surface area contributed by atoms with E-state index in [2.05, 4.69) is 16.0 Å². The maximum absolute atomic E-state index is 12.7. The van der Waals surface area contributed by atoms with E-state index in [0.29, 0.717) is 22.7 Å². The van der Waals surface area contributed by atoms with E-state index in [-0.39, 0.29) is 23.0 Å². The number of carbonyl (C=O) groups is 2. The Morgan fingerprint density at radius 1 is 1.00 bits per heavy atom. The zero-order valence-electron chi connectivity index (χ0n) is 17.1. The van der Waals surface area contributed by atoms with Crippen molar-refractivity contribution in [3.05, 3.63) is 53.6 Å². The lowest BCUT2D eigenvalue weighted by Crippen LogP contribution is -2.56. The Labute approximate surface area is 205 Å². The fourth-order valence-electron chi connectivity index (χ4n) is 2.55. The molecule has 12 heteroatoms. The first-order valence-corrected chi connectivity index (χ1v) is 10.6. The Hall–Kier alpha value is -2.30.